The zero-order chi connectivity index (χ0) is 11.6. The summed E-state index contributed by atoms with van der Waals surface area (Å²) in [6.07, 6.45) is -2.93. The van der Waals surface area contributed by atoms with Crippen molar-refractivity contribution in [1.82, 2.24) is 0 Å². The molecular formula is C12H14F3N. The molecule has 0 spiro atoms. The highest BCUT2D eigenvalue weighted by Crippen LogP contribution is 2.29. The monoisotopic (exact) mass is 229 g/mol. The average molecular weight is 229 g/mol. The van der Waals surface area contributed by atoms with Crippen LogP contribution in [-0.2, 0) is 6.42 Å². The second-order valence-electron chi connectivity index (χ2n) is 4.19. The van der Waals surface area contributed by atoms with E-state index < -0.39 is 12.6 Å². The fourth-order valence-corrected chi connectivity index (χ4v) is 2.06. The lowest BCUT2D eigenvalue weighted by molar-refractivity contribution is -0.136. The van der Waals surface area contributed by atoms with E-state index in [2.05, 4.69) is 5.32 Å². The summed E-state index contributed by atoms with van der Waals surface area (Å²) in [5, 5.41) is 3.17. The van der Waals surface area contributed by atoms with Crippen molar-refractivity contribution in [1.29, 1.82) is 0 Å². The number of rotatable bonds is 2. The van der Waals surface area contributed by atoms with Gasteiger partial charge < -0.3 is 5.32 Å². The predicted molar refractivity (Wildman–Crippen MR) is 57.5 cm³/mol. The minimum Gasteiger partial charge on any atom is -0.382 e. The Hall–Kier alpha value is -1.19. The van der Waals surface area contributed by atoms with Crippen molar-refractivity contribution in [2.45, 2.75) is 37.9 Å². The van der Waals surface area contributed by atoms with E-state index in [1.54, 1.807) is 0 Å². The molecule has 1 aliphatic heterocycles. The van der Waals surface area contributed by atoms with Crippen molar-refractivity contribution in [3.05, 3.63) is 29.8 Å². The molecule has 0 fully saturated rings. The van der Waals surface area contributed by atoms with E-state index in [-0.39, 0.29) is 12.5 Å². The zero-order valence-corrected chi connectivity index (χ0v) is 8.85. The Morgan fingerprint density at radius 2 is 2.00 bits per heavy atom. The zero-order valence-electron chi connectivity index (χ0n) is 8.85. The summed E-state index contributed by atoms with van der Waals surface area (Å²) in [5.41, 5.74) is 2.19. The lowest BCUT2D eigenvalue weighted by Gasteiger charge is -2.27. The lowest BCUT2D eigenvalue weighted by atomic mass is 9.95. The van der Waals surface area contributed by atoms with Gasteiger partial charge in [-0.05, 0) is 30.9 Å². The smallest absolute Gasteiger partial charge is 0.382 e. The lowest BCUT2D eigenvalue weighted by Crippen LogP contribution is -2.27. The summed E-state index contributed by atoms with van der Waals surface area (Å²) in [4.78, 5) is 0. The van der Waals surface area contributed by atoms with Gasteiger partial charge in [-0.15, -0.1) is 0 Å². The second-order valence-corrected chi connectivity index (χ2v) is 4.19. The van der Waals surface area contributed by atoms with E-state index in [1.165, 1.54) is 5.56 Å². The maximum absolute atomic E-state index is 12.1. The average Bonchev–Trinajstić information content (AvgIpc) is 2.25. The molecule has 0 aliphatic carbocycles. The largest absolute Gasteiger partial charge is 0.389 e. The molecule has 1 aromatic rings. The Bertz CT molecular complexity index is 360. The number of aryl methyl sites for hydroxylation is 1. The van der Waals surface area contributed by atoms with Crippen molar-refractivity contribution in [2.75, 3.05) is 5.32 Å². The van der Waals surface area contributed by atoms with Crippen molar-refractivity contribution in [3.63, 3.8) is 0 Å². The van der Waals surface area contributed by atoms with Crippen LogP contribution in [0.3, 0.4) is 0 Å². The highest BCUT2D eigenvalue weighted by molar-refractivity contribution is 5.53. The molecule has 1 atom stereocenters. The van der Waals surface area contributed by atoms with Gasteiger partial charge in [-0.3, -0.25) is 0 Å². The third kappa shape index (κ3) is 2.90. The molecule has 4 heteroatoms. The second kappa shape index (κ2) is 4.36. The van der Waals surface area contributed by atoms with Crippen LogP contribution in [0, 0.1) is 0 Å². The van der Waals surface area contributed by atoms with Crippen molar-refractivity contribution < 1.29 is 13.2 Å². The van der Waals surface area contributed by atoms with E-state index in [4.69, 9.17) is 0 Å². The van der Waals surface area contributed by atoms with Crippen LogP contribution in [0.15, 0.2) is 24.3 Å². The van der Waals surface area contributed by atoms with Crippen LogP contribution in [0.4, 0.5) is 18.9 Å². The number of hydrogen-bond donors (Lipinski definition) is 1. The number of anilines is 1. The molecule has 1 aromatic carbocycles. The summed E-state index contributed by atoms with van der Waals surface area (Å²) in [6, 6.07) is 7.75. The van der Waals surface area contributed by atoms with E-state index in [0.29, 0.717) is 0 Å². The highest BCUT2D eigenvalue weighted by Gasteiger charge is 2.29. The number of halogens is 3. The summed E-state index contributed by atoms with van der Waals surface area (Å²) >= 11 is 0. The molecule has 0 amide bonds. The molecular weight excluding hydrogens is 215 g/mol. The maximum Gasteiger partial charge on any atom is 0.389 e. The number of benzene rings is 1. The summed E-state index contributed by atoms with van der Waals surface area (Å²) in [5.74, 6) is 0. The molecule has 1 aliphatic rings. The molecule has 0 aromatic heterocycles. The van der Waals surface area contributed by atoms with Gasteiger partial charge in [-0.1, -0.05) is 18.2 Å². The van der Waals surface area contributed by atoms with Gasteiger partial charge in [-0.25, -0.2) is 0 Å². The molecule has 0 saturated carbocycles. The van der Waals surface area contributed by atoms with Crippen LogP contribution in [0.5, 0.6) is 0 Å². The van der Waals surface area contributed by atoms with Gasteiger partial charge in [0.05, 0.1) is 0 Å². The van der Waals surface area contributed by atoms with Crippen LogP contribution >= 0.6 is 0 Å². The van der Waals surface area contributed by atoms with Gasteiger partial charge in [0.15, 0.2) is 0 Å². The fourth-order valence-electron chi connectivity index (χ4n) is 2.06. The number of para-hydroxylation sites is 1. The standard InChI is InChI=1S/C12H14F3N/c13-12(14,15)8-7-10-6-5-9-3-1-2-4-11(9)16-10/h1-4,10,16H,5-8H2. The fraction of sp³-hybridized carbons (Fsp3) is 0.500. The Morgan fingerprint density at radius 3 is 2.75 bits per heavy atom. The molecule has 1 N–H and O–H groups in total. The number of hydrogen-bond acceptors (Lipinski definition) is 1. The molecule has 1 unspecified atom stereocenters. The van der Waals surface area contributed by atoms with Gasteiger partial charge in [0.1, 0.15) is 0 Å². The van der Waals surface area contributed by atoms with Crippen LogP contribution in [0.25, 0.3) is 0 Å². The summed E-state index contributed by atoms with van der Waals surface area (Å²) < 4.78 is 36.2. The number of nitrogens with one attached hydrogen (secondary N) is 1. The minimum atomic E-state index is -4.04. The first kappa shape index (κ1) is 11.3. The Balaban J connectivity index is 1.93. The highest BCUT2D eigenvalue weighted by atomic mass is 19.4. The minimum absolute atomic E-state index is 0.0449. The van der Waals surface area contributed by atoms with Crippen LogP contribution in [-0.4, -0.2) is 12.2 Å². The van der Waals surface area contributed by atoms with Gasteiger partial charge in [0, 0.05) is 18.2 Å². The van der Waals surface area contributed by atoms with Crippen LogP contribution in [0.1, 0.15) is 24.8 Å². The molecule has 1 nitrogen and oxygen atoms in total. The van der Waals surface area contributed by atoms with Crippen molar-refractivity contribution in [2.24, 2.45) is 0 Å². The van der Waals surface area contributed by atoms with E-state index in [0.717, 1.165) is 18.5 Å². The topological polar surface area (TPSA) is 12.0 Å². The summed E-state index contributed by atoms with van der Waals surface area (Å²) in [7, 11) is 0. The maximum atomic E-state index is 12.1. The van der Waals surface area contributed by atoms with E-state index >= 15 is 0 Å². The first-order valence-electron chi connectivity index (χ1n) is 5.46. The first-order chi connectivity index (χ1) is 7.54. The molecule has 0 radical (unpaired) electrons. The van der Waals surface area contributed by atoms with E-state index in [1.807, 2.05) is 24.3 Å². The molecule has 0 saturated heterocycles. The van der Waals surface area contributed by atoms with Crippen LogP contribution < -0.4 is 5.32 Å². The Labute approximate surface area is 92.7 Å². The van der Waals surface area contributed by atoms with Gasteiger partial charge >= 0.3 is 6.18 Å². The number of alkyl halides is 3. The molecule has 0 bridgehead atoms. The van der Waals surface area contributed by atoms with Crippen LogP contribution in [0.2, 0.25) is 0 Å². The Kier molecular flexibility index (Phi) is 3.08. The third-order valence-corrected chi connectivity index (χ3v) is 2.92. The quantitative estimate of drug-likeness (QED) is 0.814. The number of fused-ring (bicyclic) bond motifs is 1. The van der Waals surface area contributed by atoms with Crippen molar-refractivity contribution >= 4 is 5.69 Å². The van der Waals surface area contributed by atoms with Gasteiger partial charge in [0.25, 0.3) is 0 Å². The van der Waals surface area contributed by atoms with E-state index in [9.17, 15) is 13.2 Å². The van der Waals surface area contributed by atoms with Gasteiger partial charge in [0.2, 0.25) is 0 Å². The first-order valence-corrected chi connectivity index (χ1v) is 5.46. The molecule has 88 valence electrons. The third-order valence-electron chi connectivity index (χ3n) is 2.92. The normalized spacial score (nSPS) is 20.1. The SMILES string of the molecule is FC(F)(F)CCC1CCc2ccccc2N1. The van der Waals surface area contributed by atoms with Gasteiger partial charge in [-0.2, -0.15) is 13.2 Å². The molecule has 1 heterocycles. The molecule has 2 rings (SSSR count). The van der Waals surface area contributed by atoms with Crippen molar-refractivity contribution in [3.8, 4) is 0 Å². The predicted octanol–water partition coefficient (Wildman–Crippen LogP) is 3.76. The molecule has 16 heavy (non-hydrogen) atoms. The summed E-state index contributed by atoms with van der Waals surface area (Å²) in [6.45, 7) is 0. The Morgan fingerprint density at radius 1 is 1.25 bits per heavy atom.